The number of nitrogens with zero attached hydrogens (tertiary/aromatic N) is 2. The van der Waals surface area contributed by atoms with Crippen LogP contribution in [-0.4, -0.2) is 62.9 Å². The Hall–Kier alpha value is -1.44. The third-order valence-corrected chi connectivity index (χ3v) is 7.63. The van der Waals surface area contributed by atoms with Crippen LogP contribution in [0.3, 0.4) is 0 Å². The second-order valence-corrected chi connectivity index (χ2v) is 9.49. The summed E-state index contributed by atoms with van der Waals surface area (Å²) >= 11 is 0. The minimum absolute atomic E-state index is 0.0848. The molecule has 0 spiro atoms. The molecule has 1 amide bonds. The molecule has 7 heteroatoms. The van der Waals surface area contributed by atoms with Gasteiger partial charge in [-0.05, 0) is 37.5 Å². The fourth-order valence-corrected chi connectivity index (χ4v) is 5.36. The standard InChI is InChI=1S/C20H30N2O4S/c1-16-9-10-18(27(24,25)22-11-13-26-14-12-22)15-19(16)20(23)21(2)17-7-5-3-4-6-8-17/h9-10,15,17H,3-8,11-14H2,1-2H3. The van der Waals surface area contributed by atoms with Crippen LogP contribution in [-0.2, 0) is 14.8 Å². The molecule has 27 heavy (non-hydrogen) atoms. The first-order valence-corrected chi connectivity index (χ1v) is 11.3. The highest BCUT2D eigenvalue weighted by Crippen LogP contribution is 2.25. The molecule has 3 rings (SSSR count). The molecule has 150 valence electrons. The predicted octanol–water partition coefficient (Wildman–Crippen LogP) is 2.81. The molecule has 1 aromatic rings. The largest absolute Gasteiger partial charge is 0.379 e. The van der Waals surface area contributed by atoms with Crippen molar-refractivity contribution in [3.63, 3.8) is 0 Å². The third-order valence-electron chi connectivity index (χ3n) is 5.74. The number of carbonyl (C=O) groups excluding carboxylic acids is 1. The molecule has 6 nitrogen and oxygen atoms in total. The van der Waals surface area contributed by atoms with Gasteiger partial charge in [-0.1, -0.05) is 31.7 Å². The third kappa shape index (κ3) is 4.52. The average Bonchev–Trinajstić information content (AvgIpc) is 2.97. The summed E-state index contributed by atoms with van der Waals surface area (Å²) in [6, 6.07) is 5.12. The minimum atomic E-state index is -3.61. The molecular weight excluding hydrogens is 364 g/mol. The number of benzene rings is 1. The van der Waals surface area contributed by atoms with E-state index < -0.39 is 10.0 Å². The molecule has 1 aromatic carbocycles. The van der Waals surface area contributed by atoms with Crippen molar-refractivity contribution in [2.75, 3.05) is 33.4 Å². The monoisotopic (exact) mass is 394 g/mol. The highest BCUT2D eigenvalue weighted by atomic mass is 32.2. The van der Waals surface area contributed by atoms with Crippen LogP contribution < -0.4 is 0 Å². The normalized spacial score (nSPS) is 20.2. The second kappa shape index (κ2) is 8.71. The Balaban J connectivity index is 1.85. The van der Waals surface area contributed by atoms with E-state index in [-0.39, 0.29) is 16.8 Å². The maximum absolute atomic E-state index is 13.1. The van der Waals surface area contributed by atoms with Gasteiger partial charge in [-0.15, -0.1) is 0 Å². The number of hydrogen-bond donors (Lipinski definition) is 0. The van der Waals surface area contributed by atoms with E-state index in [1.54, 1.807) is 18.2 Å². The van der Waals surface area contributed by atoms with Gasteiger partial charge in [0.2, 0.25) is 10.0 Å². The van der Waals surface area contributed by atoms with E-state index in [1.165, 1.54) is 17.1 Å². The van der Waals surface area contributed by atoms with Gasteiger partial charge < -0.3 is 9.64 Å². The van der Waals surface area contributed by atoms with Crippen molar-refractivity contribution >= 4 is 15.9 Å². The van der Waals surface area contributed by atoms with E-state index in [1.807, 2.05) is 18.9 Å². The number of rotatable bonds is 4. The predicted molar refractivity (Wildman–Crippen MR) is 104 cm³/mol. The zero-order chi connectivity index (χ0) is 19.4. The summed E-state index contributed by atoms with van der Waals surface area (Å²) in [5.41, 5.74) is 1.29. The maximum Gasteiger partial charge on any atom is 0.254 e. The number of amides is 1. The second-order valence-electron chi connectivity index (χ2n) is 7.55. The van der Waals surface area contributed by atoms with E-state index in [0.717, 1.165) is 31.2 Å². The highest BCUT2D eigenvalue weighted by molar-refractivity contribution is 7.89. The van der Waals surface area contributed by atoms with Crippen LogP contribution in [0.2, 0.25) is 0 Å². The molecular formula is C20H30N2O4S. The first kappa shape index (κ1) is 20.3. The molecule has 2 fully saturated rings. The lowest BCUT2D eigenvalue weighted by molar-refractivity contribution is 0.0715. The van der Waals surface area contributed by atoms with E-state index in [9.17, 15) is 13.2 Å². The lowest BCUT2D eigenvalue weighted by atomic mass is 10.0. The van der Waals surface area contributed by atoms with Gasteiger partial charge in [0.15, 0.2) is 0 Å². The van der Waals surface area contributed by atoms with E-state index in [4.69, 9.17) is 4.74 Å². The van der Waals surface area contributed by atoms with E-state index in [0.29, 0.717) is 31.9 Å². The SMILES string of the molecule is Cc1ccc(S(=O)(=O)N2CCOCC2)cc1C(=O)N(C)C1CCCCCC1. The highest BCUT2D eigenvalue weighted by Gasteiger charge is 2.29. The van der Waals surface area contributed by atoms with Gasteiger partial charge >= 0.3 is 0 Å². The number of aryl methyl sites for hydroxylation is 1. The Labute approximate surface area is 162 Å². The van der Waals surface area contributed by atoms with Crippen molar-refractivity contribution in [1.29, 1.82) is 0 Å². The van der Waals surface area contributed by atoms with Gasteiger partial charge in [-0.3, -0.25) is 4.79 Å². The zero-order valence-electron chi connectivity index (χ0n) is 16.3. The molecule has 1 aliphatic carbocycles. The van der Waals surface area contributed by atoms with Crippen LogP contribution >= 0.6 is 0 Å². The molecule has 1 saturated heterocycles. The summed E-state index contributed by atoms with van der Waals surface area (Å²) in [6.45, 7) is 3.37. The lowest BCUT2D eigenvalue weighted by Gasteiger charge is -2.29. The molecule has 0 bridgehead atoms. The average molecular weight is 395 g/mol. The Kier molecular flexibility index (Phi) is 6.55. The minimum Gasteiger partial charge on any atom is -0.379 e. The number of sulfonamides is 1. The number of carbonyl (C=O) groups is 1. The van der Waals surface area contributed by atoms with Gasteiger partial charge in [0.05, 0.1) is 18.1 Å². The molecule has 1 heterocycles. The lowest BCUT2D eigenvalue weighted by Crippen LogP contribution is -2.41. The molecule has 0 radical (unpaired) electrons. The zero-order valence-corrected chi connectivity index (χ0v) is 17.1. The maximum atomic E-state index is 13.1. The van der Waals surface area contributed by atoms with Gasteiger partial charge in [0.25, 0.3) is 5.91 Å². The quantitative estimate of drug-likeness (QED) is 0.737. The van der Waals surface area contributed by atoms with Gasteiger partial charge in [-0.2, -0.15) is 4.31 Å². The van der Waals surface area contributed by atoms with Gasteiger partial charge in [-0.25, -0.2) is 8.42 Å². The van der Waals surface area contributed by atoms with Crippen molar-refractivity contribution in [2.45, 2.75) is 56.4 Å². The fourth-order valence-electron chi connectivity index (χ4n) is 3.93. The van der Waals surface area contributed by atoms with Crippen LogP contribution in [0.5, 0.6) is 0 Å². The molecule has 0 atom stereocenters. The van der Waals surface area contributed by atoms with E-state index >= 15 is 0 Å². The molecule has 1 aliphatic heterocycles. The molecule has 0 N–H and O–H groups in total. The van der Waals surface area contributed by atoms with Crippen LogP contribution in [0.1, 0.15) is 54.4 Å². The van der Waals surface area contributed by atoms with Crippen LogP contribution in [0.15, 0.2) is 23.1 Å². The summed E-state index contributed by atoms with van der Waals surface area (Å²) < 4.78 is 32.6. The van der Waals surface area contributed by atoms with Crippen molar-refractivity contribution < 1.29 is 17.9 Å². The number of hydrogen-bond acceptors (Lipinski definition) is 4. The van der Waals surface area contributed by atoms with Gasteiger partial charge in [0.1, 0.15) is 0 Å². The first-order valence-electron chi connectivity index (χ1n) is 9.87. The number of ether oxygens (including phenoxy) is 1. The Morgan fingerprint density at radius 1 is 1.11 bits per heavy atom. The van der Waals surface area contributed by atoms with E-state index in [2.05, 4.69) is 0 Å². The Morgan fingerprint density at radius 2 is 1.74 bits per heavy atom. The van der Waals surface area contributed by atoms with Crippen LogP contribution in [0.25, 0.3) is 0 Å². The smallest absolute Gasteiger partial charge is 0.254 e. The van der Waals surface area contributed by atoms with Crippen molar-refractivity contribution in [3.8, 4) is 0 Å². The fraction of sp³-hybridized carbons (Fsp3) is 0.650. The molecule has 2 aliphatic rings. The van der Waals surface area contributed by atoms with Gasteiger partial charge in [0, 0.05) is 31.7 Å². The Bertz CT molecular complexity index is 764. The van der Waals surface area contributed by atoms with Crippen molar-refractivity contribution in [2.24, 2.45) is 0 Å². The summed E-state index contributed by atoms with van der Waals surface area (Å²) in [4.78, 5) is 15.1. The summed E-state index contributed by atoms with van der Waals surface area (Å²) in [7, 11) is -1.76. The summed E-state index contributed by atoms with van der Waals surface area (Å²) in [5.74, 6) is -0.0848. The summed E-state index contributed by atoms with van der Waals surface area (Å²) in [6.07, 6.45) is 6.79. The number of morpholine rings is 1. The Morgan fingerprint density at radius 3 is 2.37 bits per heavy atom. The summed E-state index contributed by atoms with van der Waals surface area (Å²) in [5, 5.41) is 0. The topological polar surface area (TPSA) is 66.9 Å². The molecule has 0 aromatic heterocycles. The van der Waals surface area contributed by atoms with Crippen LogP contribution in [0, 0.1) is 6.92 Å². The first-order chi connectivity index (χ1) is 12.9. The molecule has 1 saturated carbocycles. The molecule has 0 unspecified atom stereocenters. The van der Waals surface area contributed by atoms with Crippen molar-refractivity contribution in [3.05, 3.63) is 29.3 Å². The van der Waals surface area contributed by atoms with Crippen molar-refractivity contribution in [1.82, 2.24) is 9.21 Å². The van der Waals surface area contributed by atoms with Crippen LogP contribution in [0.4, 0.5) is 0 Å².